The van der Waals surface area contributed by atoms with Gasteiger partial charge in [-0.2, -0.15) is 4.98 Å². The summed E-state index contributed by atoms with van der Waals surface area (Å²) in [6.07, 6.45) is 5.16. The molecule has 1 saturated carbocycles. The van der Waals surface area contributed by atoms with Gasteiger partial charge in [0.2, 0.25) is 11.7 Å². The Hall–Kier alpha value is -2.84. The molecule has 1 aromatic carbocycles. The van der Waals surface area contributed by atoms with Gasteiger partial charge in [0.25, 0.3) is 12.4 Å². The average molecular weight is 494 g/mol. The highest BCUT2D eigenvalue weighted by molar-refractivity contribution is 6.33. The molecular weight excluding hydrogens is 469 g/mol. The van der Waals surface area contributed by atoms with E-state index in [2.05, 4.69) is 22.0 Å². The lowest BCUT2D eigenvalue weighted by atomic mass is 10.1. The van der Waals surface area contributed by atoms with Gasteiger partial charge in [-0.05, 0) is 63.3 Å². The van der Waals surface area contributed by atoms with Crippen molar-refractivity contribution in [3.8, 4) is 34.5 Å². The van der Waals surface area contributed by atoms with Crippen molar-refractivity contribution in [2.45, 2.75) is 52.2 Å². The summed E-state index contributed by atoms with van der Waals surface area (Å²) in [4.78, 5) is 17.0. The third kappa shape index (κ3) is 6.58. The van der Waals surface area contributed by atoms with Gasteiger partial charge in [-0.15, -0.1) is 0 Å². The molecule has 176 valence electrons. The molecule has 2 atom stereocenters. The Morgan fingerprint density at radius 2 is 1.97 bits per heavy atom. The minimum Gasteiger partial charge on any atom is -0.490 e. The molecule has 0 spiro atoms. The van der Waals surface area contributed by atoms with E-state index in [0.717, 1.165) is 18.6 Å². The van der Waals surface area contributed by atoms with Crippen LogP contribution < -0.4 is 9.47 Å². The summed E-state index contributed by atoms with van der Waals surface area (Å²) >= 11 is 12.7. The fourth-order valence-corrected chi connectivity index (χ4v) is 3.97. The van der Waals surface area contributed by atoms with Gasteiger partial charge >= 0.3 is 0 Å². The number of aromatic nitrogens is 3. The zero-order valence-corrected chi connectivity index (χ0v) is 20.0. The van der Waals surface area contributed by atoms with E-state index < -0.39 is 0 Å². The molecule has 1 N–H and O–H groups in total. The van der Waals surface area contributed by atoms with Crippen LogP contribution in [0.15, 0.2) is 35.0 Å². The van der Waals surface area contributed by atoms with Crippen LogP contribution in [-0.2, 0) is 4.79 Å². The Labute approximate surface area is 201 Å². The van der Waals surface area contributed by atoms with E-state index in [-0.39, 0.29) is 18.7 Å². The number of carboxylic acid groups (broad SMARTS) is 1. The van der Waals surface area contributed by atoms with E-state index in [4.69, 9.17) is 47.1 Å². The summed E-state index contributed by atoms with van der Waals surface area (Å²) in [6, 6.07) is 7.21. The standard InChI is InChI=1S/C22H23Cl2N3O3.CH2O2/c1-12(2)28-22-19(24)9-14(11-25-22)21-26-20(27-30-21)17-7-6-16(10-18(17)23)29-15-5-4-13(3)8-15;2-1-3/h6-7,9-13,15H,4-5,8H2,1-3H3;1H,(H,2,3)/t13-,15?;/m0./s1. The van der Waals surface area contributed by atoms with Crippen LogP contribution >= 0.6 is 23.2 Å². The summed E-state index contributed by atoms with van der Waals surface area (Å²) in [5.41, 5.74) is 1.26. The Bertz CT molecular complexity index is 1090. The summed E-state index contributed by atoms with van der Waals surface area (Å²) in [5, 5.41) is 11.8. The summed E-state index contributed by atoms with van der Waals surface area (Å²) < 4.78 is 17.0. The molecule has 1 aliphatic carbocycles. The van der Waals surface area contributed by atoms with Crippen LogP contribution in [0.25, 0.3) is 22.8 Å². The van der Waals surface area contributed by atoms with Gasteiger partial charge in [0, 0.05) is 11.8 Å². The highest BCUT2D eigenvalue weighted by Gasteiger charge is 2.23. The molecular formula is C23H25Cl2N3O5. The predicted molar refractivity (Wildman–Crippen MR) is 125 cm³/mol. The average Bonchev–Trinajstić information content (AvgIpc) is 3.39. The number of rotatable bonds is 6. The Kier molecular flexibility index (Phi) is 8.52. The van der Waals surface area contributed by atoms with Crippen molar-refractivity contribution in [1.29, 1.82) is 0 Å². The third-order valence-corrected chi connectivity index (χ3v) is 5.54. The minimum atomic E-state index is -0.250. The van der Waals surface area contributed by atoms with Gasteiger partial charge in [0.05, 0.1) is 22.8 Å². The number of halogens is 2. The summed E-state index contributed by atoms with van der Waals surface area (Å²) in [7, 11) is 0. The van der Waals surface area contributed by atoms with Crippen LogP contribution in [0.1, 0.15) is 40.0 Å². The maximum atomic E-state index is 8.36. The summed E-state index contributed by atoms with van der Waals surface area (Å²) in [5.74, 6) is 2.51. The predicted octanol–water partition coefficient (Wildman–Crippen LogP) is 6.16. The molecule has 33 heavy (non-hydrogen) atoms. The highest BCUT2D eigenvalue weighted by Crippen LogP contribution is 2.34. The summed E-state index contributed by atoms with van der Waals surface area (Å²) in [6.45, 7) is 5.82. The molecule has 1 fully saturated rings. The van der Waals surface area contributed by atoms with Gasteiger partial charge in [-0.25, -0.2) is 4.98 Å². The largest absolute Gasteiger partial charge is 0.490 e. The molecule has 8 nitrogen and oxygen atoms in total. The zero-order chi connectivity index (χ0) is 24.0. The SMILES string of the molecule is CC(C)Oc1ncc(-c2nc(-c3ccc(OC4CC[C@H](C)C4)cc3Cl)no2)cc1Cl.O=CO. The van der Waals surface area contributed by atoms with E-state index in [1.54, 1.807) is 18.3 Å². The molecule has 4 rings (SSSR count). The zero-order valence-electron chi connectivity index (χ0n) is 18.5. The first-order chi connectivity index (χ1) is 15.8. The second kappa shape index (κ2) is 11.3. The second-order valence-electron chi connectivity index (χ2n) is 8.01. The van der Waals surface area contributed by atoms with Crippen molar-refractivity contribution in [2.75, 3.05) is 0 Å². The maximum absolute atomic E-state index is 8.36. The Morgan fingerprint density at radius 3 is 2.58 bits per heavy atom. The number of hydrogen-bond donors (Lipinski definition) is 1. The fourth-order valence-electron chi connectivity index (χ4n) is 3.51. The number of benzene rings is 1. The van der Waals surface area contributed by atoms with Crippen LogP contribution in [0.2, 0.25) is 10.0 Å². The van der Waals surface area contributed by atoms with E-state index in [0.29, 0.717) is 44.7 Å². The topological polar surface area (TPSA) is 108 Å². The smallest absolute Gasteiger partial charge is 0.290 e. The minimum absolute atomic E-state index is 0.0259. The van der Waals surface area contributed by atoms with Crippen molar-refractivity contribution in [3.63, 3.8) is 0 Å². The van der Waals surface area contributed by atoms with E-state index in [1.165, 1.54) is 6.42 Å². The lowest BCUT2D eigenvalue weighted by molar-refractivity contribution is -0.122. The first-order valence-corrected chi connectivity index (χ1v) is 11.3. The van der Waals surface area contributed by atoms with E-state index in [1.807, 2.05) is 26.0 Å². The molecule has 0 bridgehead atoms. The van der Waals surface area contributed by atoms with Crippen LogP contribution in [0.5, 0.6) is 11.6 Å². The van der Waals surface area contributed by atoms with Crippen molar-refractivity contribution in [1.82, 2.24) is 15.1 Å². The van der Waals surface area contributed by atoms with Gasteiger partial charge in [-0.1, -0.05) is 35.3 Å². The number of carbonyl (C=O) groups is 1. The van der Waals surface area contributed by atoms with Gasteiger partial charge in [-0.3, -0.25) is 4.79 Å². The first kappa shape index (κ1) is 24.8. The highest BCUT2D eigenvalue weighted by atomic mass is 35.5. The van der Waals surface area contributed by atoms with E-state index >= 15 is 0 Å². The quantitative estimate of drug-likeness (QED) is 0.406. The Morgan fingerprint density at radius 1 is 1.21 bits per heavy atom. The molecule has 0 aliphatic heterocycles. The van der Waals surface area contributed by atoms with Crippen molar-refractivity contribution < 1.29 is 23.9 Å². The molecule has 3 aromatic rings. The molecule has 2 heterocycles. The number of hydrogen-bond acceptors (Lipinski definition) is 7. The lowest BCUT2D eigenvalue weighted by Crippen LogP contribution is -2.11. The van der Waals surface area contributed by atoms with Crippen LogP contribution in [0, 0.1) is 5.92 Å². The maximum Gasteiger partial charge on any atom is 0.290 e. The molecule has 1 aliphatic rings. The third-order valence-electron chi connectivity index (χ3n) is 4.96. The second-order valence-corrected chi connectivity index (χ2v) is 8.82. The van der Waals surface area contributed by atoms with Crippen LogP contribution in [-0.4, -0.2) is 38.9 Å². The molecule has 0 saturated heterocycles. The lowest BCUT2D eigenvalue weighted by Gasteiger charge is -2.14. The van der Waals surface area contributed by atoms with Crippen molar-refractivity contribution in [3.05, 3.63) is 40.5 Å². The number of nitrogens with zero attached hydrogens (tertiary/aromatic N) is 3. The Balaban J connectivity index is 0.000000968. The molecule has 0 amide bonds. The normalized spacial score (nSPS) is 17.4. The van der Waals surface area contributed by atoms with Gasteiger partial charge in [0.1, 0.15) is 10.8 Å². The first-order valence-electron chi connectivity index (χ1n) is 10.5. The van der Waals surface area contributed by atoms with E-state index in [9.17, 15) is 0 Å². The van der Waals surface area contributed by atoms with Crippen molar-refractivity contribution >= 4 is 29.7 Å². The number of ether oxygens (including phenoxy) is 2. The van der Waals surface area contributed by atoms with Crippen molar-refractivity contribution in [2.24, 2.45) is 5.92 Å². The van der Waals surface area contributed by atoms with Gasteiger partial charge in [0.15, 0.2) is 0 Å². The monoisotopic (exact) mass is 493 g/mol. The van der Waals surface area contributed by atoms with Crippen LogP contribution in [0.3, 0.4) is 0 Å². The molecule has 1 unspecified atom stereocenters. The fraction of sp³-hybridized carbons (Fsp3) is 0.391. The van der Waals surface area contributed by atoms with Crippen LogP contribution in [0.4, 0.5) is 0 Å². The molecule has 10 heteroatoms. The van der Waals surface area contributed by atoms with Gasteiger partial charge < -0.3 is 19.1 Å². The number of pyridine rings is 1. The molecule has 0 radical (unpaired) electrons. The molecule has 2 aromatic heterocycles.